The first-order chi connectivity index (χ1) is 12.4. The largest absolute Gasteiger partial charge is 0.492 e. The number of rotatable bonds is 8. The van der Waals surface area contributed by atoms with E-state index < -0.39 is 10.0 Å². The van der Waals surface area contributed by atoms with Crippen molar-refractivity contribution >= 4 is 27.5 Å². The first kappa shape index (κ1) is 20.2. The lowest BCUT2D eigenvalue weighted by Gasteiger charge is -2.18. The molecule has 0 saturated carbocycles. The minimum atomic E-state index is -3.68. The van der Waals surface area contributed by atoms with Gasteiger partial charge in [0.05, 0.1) is 16.5 Å². The second kappa shape index (κ2) is 9.02. The molecule has 0 atom stereocenters. The SMILES string of the molecule is CNC(=O)c1cccc(S(=O)(=O)N(C)CCCOc2ccccc2Cl)c1. The molecule has 0 aromatic heterocycles. The van der Waals surface area contributed by atoms with Gasteiger partial charge < -0.3 is 10.1 Å². The van der Waals surface area contributed by atoms with E-state index >= 15 is 0 Å². The van der Waals surface area contributed by atoms with Gasteiger partial charge in [-0.1, -0.05) is 29.8 Å². The Morgan fingerprint density at radius 1 is 1.19 bits per heavy atom. The standard InChI is InChI=1S/C18H21ClN2O4S/c1-20-18(22)14-7-5-8-15(13-14)26(23,24)21(2)11-6-12-25-17-10-4-3-9-16(17)19/h3-5,7-10,13H,6,11-12H2,1-2H3,(H,20,22). The van der Waals surface area contributed by atoms with Crippen LogP contribution in [0.5, 0.6) is 5.75 Å². The van der Waals surface area contributed by atoms with Gasteiger partial charge >= 0.3 is 0 Å². The molecule has 0 heterocycles. The zero-order valence-corrected chi connectivity index (χ0v) is 16.2. The Morgan fingerprint density at radius 2 is 1.92 bits per heavy atom. The Balaban J connectivity index is 1.96. The highest BCUT2D eigenvalue weighted by atomic mass is 35.5. The van der Waals surface area contributed by atoms with Crippen LogP contribution in [0, 0.1) is 0 Å². The van der Waals surface area contributed by atoms with Crippen molar-refractivity contribution in [3.8, 4) is 5.75 Å². The minimum absolute atomic E-state index is 0.0770. The van der Waals surface area contributed by atoms with E-state index in [1.807, 2.05) is 12.1 Å². The van der Waals surface area contributed by atoms with Crippen molar-refractivity contribution in [2.75, 3.05) is 27.2 Å². The number of amides is 1. The summed E-state index contributed by atoms with van der Waals surface area (Å²) in [7, 11) is -0.693. The molecule has 0 unspecified atom stereocenters. The Hall–Kier alpha value is -2.09. The van der Waals surface area contributed by atoms with E-state index in [1.165, 1.54) is 30.5 Å². The lowest BCUT2D eigenvalue weighted by Crippen LogP contribution is -2.29. The third kappa shape index (κ3) is 4.97. The lowest BCUT2D eigenvalue weighted by atomic mass is 10.2. The first-order valence-electron chi connectivity index (χ1n) is 8.02. The van der Waals surface area contributed by atoms with E-state index in [9.17, 15) is 13.2 Å². The second-order valence-electron chi connectivity index (χ2n) is 5.57. The fourth-order valence-electron chi connectivity index (χ4n) is 2.27. The summed E-state index contributed by atoms with van der Waals surface area (Å²) >= 11 is 6.01. The molecule has 8 heteroatoms. The summed E-state index contributed by atoms with van der Waals surface area (Å²) in [4.78, 5) is 11.8. The molecular weight excluding hydrogens is 376 g/mol. The normalized spacial score (nSPS) is 11.4. The number of sulfonamides is 1. The molecule has 0 bridgehead atoms. The van der Waals surface area contributed by atoms with E-state index in [4.69, 9.17) is 16.3 Å². The fraction of sp³-hybridized carbons (Fsp3) is 0.278. The number of hydrogen-bond donors (Lipinski definition) is 1. The van der Waals surface area contributed by atoms with Gasteiger partial charge in [0.15, 0.2) is 0 Å². The van der Waals surface area contributed by atoms with E-state index in [2.05, 4.69) is 5.32 Å². The third-order valence-corrected chi connectivity index (χ3v) is 5.91. The van der Waals surface area contributed by atoms with Crippen LogP contribution in [-0.2, 0) is 10.0 Å². The summed E-state index contributed by atoms with van der Waals surface area (Å²) in [5, 5.41) is 2.99. The fourth-order valence-corrected chi connectivity index (χ4v) is 3.72. The molecule has 0 aliphatic carbocycles. The van der Waals surface area contributed by atoms with Crippen LogP contribution in [0.4, 0.5) is 0 Å². The van der Waals surface area contributed by atoms with Crippen molar-refractivity contribution in [1.29, 1.82) is 0 Å². The monoisotopic (exact) mass is 396 g/mol. The highest BCUT2D eigenvalue weighted by Gasteiger charge is 2.21. The maximum Gasteiger partial charge on any atom is 0.251 e. The minimum Gasteiger partial charge on any atom is -0.492 e. The smallest absolute Gasteiger partial charge is 0.251 e. The summed E-state index contributed by atoms with van der Waals surface area (Å²) in [5.74, 6) is 0.232. The molecule has 26 heavy (non-hydrogen) atoms. The molecular formula is C18H21ClN2O4S. The van der Waals surface area contributed by atoms with Gasteiger partial charge in [0.25, 0.3) is 5.91 Å². The molecule has 0 spiro atoms. The first-order valence-corrected chi connectivity index (χ1v) is 9.84. The molecule has 0 saturated heterocycles. The Morgan fingerprint density at radius 3 is 2.62 bits per heavy atom. The molecule has 6 nitrogen and oxygen atoms in total. The number of hydrogen-bond acceptors (Lipinski definition) is 4. The zero-order valence-electron chi connectivity index (χ0n) is 14.6. The molecule has 1 N–H and O–H groups in total. The van der Waals surface area contributed by atoms with Gasteiger partial charge in [-0.2, -0.15) is 0 Å². The predicted molar refractivity (Wildman–Crippen MR) is 101 cm³/mol. The average molecular weight is 397 g/mol. The number of ether oxygens (including phenoxy) is 1. The van der Waals surface area contributed by atoms with E-state index in [-0.39, 0.29) is 17.3 Å². The molecule has 0 aliphatic heterocycles. The van der Waals surface area contributed by atoms with Gasteiger partial charge in [-0.3, -0.25) is 4.79 Å². The van der Waals surface area contributed by atoms with E-state index in [0.29, 0.717) is 29.4 Å². The van der Waals surface area contributed by atoms with Gasteiger partial charge in [-0.15, -0.1) is 0 Å². The molecule has 2 aromatic carbocycles. The molecule has 0 fully saturated rings. The van der Waals surface area contributed by atoms with Crippen LogP contribution in [0.15, 0.2) is 53.4 Å². The van der Waals surface area contributed by atoms with Gasteiger partial charge in [0.1, 0.15) is 5.75 Å². The number of carbonyl (C=O) groups is 1. The lowest BCUT2D eigenvalue weighted by molar-refractivity contribution is 0.0963. The molecule has 2 aromatic rings. The number of halogens is 1. The Bertz CT molecular complexity index is 871. The van der Waals surface area contributed by atoms with Crippen LogP contribution in [0.3, 0.4) is 0 Å². The number of benzene rings is 2. The van der Waals surface area contributed by atoms with Crippen LogP contribution in [-0.4, -0.2) is 45.9 Å². The maximum atomic E-state index is 12.6. The Labute approximate surface area is 158 Å². The highest BCUT2D eigenvalue weighted by molar-refractivity contribution is 7.89. The van der Waals surface area contributed by atoms with Gasteiger partial charge in [-0.25, -0.2) is 12.7 Å². The number of para-hydroxylation sites is 1. The van der Waals surface area contributed by atoms with Crippen molar-refractivity contribution in [3.63, 3.8) is 0 Å². The van der Waals surface area contributed by atoms with Crippen LogP contribution >= 0.6 is 11.6 Å². The summed E-state index contributed by atoms with van der Waals surface area (Å²) in [6, 6.07) is 13.1. The quantitative estimate of drug-likeness (QED) is 0.696. The third-order valence-electron chi connectivity index (χ3n) is 3.74. The Kier molecular flexibility index (Phi) is 7.02. The van der Waals surface area contributed by atoms with Crippen molar-refractivity contribution in [1.82, 2.24) is 9.62 Å². The van der Waals surface area contributed by atoms with Crippen molar-refractivity contribution in [3.05, 3.63) is 59.1 Å². The summed E-state index contributed by atoms with van der Waals surface area (Å²) in [6.45, 7) is 0.610. The van der Waals surface area contributed by atoms with Gasteiger partial charge in [-0.05, 0) is 36.8 Å². The van der Waals surface area contributed by atoms with Crippen molar-refractivity contribution in [2.45, 2.75) is 11.3 Å². The van der Waals surface area contributed by atoms with Crippen LogP contribution < -0.4 is 10.1 Å². The molecule has 140 valence electrons. The number of nitrogens with one attached hydrogen (secondary N) is 1. The zero-order chi connectivity index (χ0) is 19.2. The van der Waals surface area contributed by atoms with Crippen molar-refractivity contribution < 1.29 is 17.9 Å². The molecule has 0 radical (unpaired) electrons. The average Bonchev–Trinajstić information content (AvgIpc) is 2.65. The van der Waals surface area contributed by atoms with E-state index in [1.54, 1.807) is 24.3 Å². The molecule has 1 amide bonds. The summed E-state index contributed by atoms with van der Waals surface area (Å²) < 4.78 is 32.1. The van der Waals surface area contributed by atoms with Gasteiger partial charge in [0.2, 0.25) is 10.0 Å². The summed E-state index contributed by atoms with van der Waals surface area (Å²) in [5.41, 5.74) is 0.295. The predicted octanol–water partition coefficient (Wildman–Crippen LogP) is 2.79. The molecule has 0 aliphatic rings. The topological polar surface area (TPSA) is 75.7 Å². The number of carbonyl (C=O) groups excluding carboxylic acids is 1. The van der Waals surface area contributed by atoms with Gasteiger partial charge in [0, 0.05) is 26.2 Å². The van der Waals surface area contributed by atoms with E-state index in [0.717, 1.165) is 0 Å². The van der Waals surface area contributed by atoms with Crippen LogP contribution in [0.2, 0.25) is 5.02 Å². The van der Waals surface area contributed by atoms with Crippen molar-refractivity contribution in [2.24, 2.45) is 0 Å². The van der Waals surface area contributed by atoms with Crippen LogP contribution in [0.1, 0.15) is 16.8 Å². The maximum absolute atomic E-state index is 12.6. The second-order valence-corrected chi connectivity index (χ2v) is 8.02. The van der Waals surface area contributed by atoms with Crippen LogP contribution in [0.25, 0.3) is 0 Å². The molecule has 2 rings (SSSR count). The highest BCUT2D eigenvalue weighted by Crippen LogP contribution is 2.23. The number of nitrogens with zero attached hydrogens (tertiary/aromatic N) is 1. The summed E-state index contributed by atoms with van der Waals surface area (Å²) in [6.07, 6.45) is 0.496.